The number of aromatic nitrogens is 2. The highest BCUT2D eigenvalue weighted by Crippen LogP contribution is 2.46. The van der Waals surface area contributed by atoms with E-state index < -0.39 is 35.5 Å². The molecule has 57 heavy (non-hydrogen) atoms. The van der Waals surface area contributed by atoms with E-state index >= 15 is 4.39 Å². The van der Waals surface area contributed by atoms with Crippen LogP contribution in [-0.4, -0.2) is 125 Å². The van der Waals surface area contributed by atoms with Gasteiger partial charge in [0, 0.05) is 108 Å². The van der Waals surface area contributed by atoms with E-state index in [1.165, 1.54) is 6.07 Å². The van der Waals surface area contributed by atoms with Crippen LogP contribution in [0, 0.1) is 22.6 Å². The molecule has 6 aliphatic rings. The third kappa shape index (κ3) is 6.87. The molecular weight excluding hydrogens is 751 g/mol. The predicted molar refractivity (Wildman–Crippen MR) is 209 cm³/mol. The number of nitrogens with one attached hydrogen (secondary N) is 1. The van der Waals surface area contributed by atoms with E-state index in [1.807, 2.05) is 35.5 Å². The monoisotopic (exact) mass is 794 g/mol. The minimum atomic E-state index is -1.09. The number of imide groups is 2. The van der Waals surface area contributed by atoms with Crippen molar-refractivity contribution < 1.29 is 23.6 Å². The van der Waals surface area contributed by atoms with Gasteiger partial charge in [-0.1, -0.05) is 11.6 Å². The van der Waals surface area contributed by atoms with Crippen LogP contribution in [0.25, 0.3) is 0 Å². The fraction of sp³-hybridized carbons (Fsp3) is 0.488. The molecule has 1 aromatic heterocycles. The molecule has 9 rings (SSSR count). The first-order valence-corrected chi connectivity index (χ1v) is 20.2. The smallest absolute Gasteiger partial charge is 0.262 e. The van der Waals surface area contributed by atoms with Crippen molar-refractivity contribution in [3.05, 3.63) is 75.8 Å². The van der Waals surface area contributed by atoms with Crippen molar-refractivity contribution in [1.29, 1.82) is 5.26 Å². The van der Waals surface area contributed by atoms with E-state index in [-0.39, 0.29) is 35.1 Å². The van der Waals surface area contributed by atoms with Crippen molar-refractivity contribution in [2.24, 2.45) is 5.41 Å². The number of hydrogen-bond donors (Lipinski definition) is 1. The second-order valence-electron chi connectivity index (χ2n) is 16.5. The number of benzene rings is 2. The van der Waals surface area contributed by atoms with Crippen LogP contribution >= 0.6 is 11.6 Å². The topological polar surface area (TPSA) is 149 Å². The highest BCUT2D eigenvalue weighted by molar-refractivity contribution is 6.32. The molecule has 0 saturated carbocycles. The van der Waals surface area contributed by atoms with Crippen LogP contribution < -0.4 is 20.0 Å². The van der Waals surface area contributed by atoms with Gasteiger partial charge >= 0.3 is 0 Å². The van der Waals surface area contributed by atoms with E-state index in [4.69, 9.17) is 21.6 Å². The Balaban J connectivity index is 0.734. The van der Waals surface area contributed by atoms with Gasteiger partial charge in [0.05, 0.1) is 27.4 Å². The van der Waals surface area contributed by atoms with Gasteiger partial charge in [-0.2, -0.15) is 5.26 Å². The zero-order valence-corrected chi connectivity index (χ0v) is 32.5. The minimum Gasteiger partial charge on any atom is -0.368 e. The summed E-state index contributed by atoms with van der Waals surface area (Å²) in [7, 11) is 0. The second-order valence-corrected chi connectivity index (χ2v) is 16.9. The quantitative estimate of drug-likeness (QED) is 0.350. The van der Waals surface area contributed by atoms with Gasteiger partial charge in [0.1, 0.15) is 17.9 Å². The summed E-state index contributed by atoms with van der Waals surface area (Å²) in [6.07, 6.45) is 7.22. The van der Waals surface area contributed by atoms with Crippen molar-refractivity contribution in [3.63, 3.8) is 0 Å². The third-order valence-corrected chi connectivity index (χ3v) is 13.3. The molecule has 14 nitrogen and oxygen atoms in total. The maximum atomic E-state index is 15.4. The van der Waals surface area contributed by atoms with Gasteiger partial charge in [-0.25, -0.2) is 14.4 Å². The SMILES string of the molecule is C[C@H]1CC2(CCN(c3ncc(CN4CC(N5CCN(c6cc7c(cc6F)C(=O)N(C6CCC(=O)NC6=O)C7=O)CC5)C4)cn3)CC2)CN1c1ccc(C#N)c(Cl)c1. The largest absolute Gasteiger partial charge is 0.368 e. The summed E-state index contributed by atoms with van der Waals surface area (Å²) in [5.41, 5.74) is 3.19. The van der Waals surface area contributed by atoms with Crippen LogP contribution in [0.5, 0.6) is 0 Å². The molecule has 2 aromatic carbocycles. The third-order valence-electron chi connectivity index (χ3n) is 13.0. The summed E-state index contributed by atoms with van der Waals surface area (Å²) in [6, 6.07) is 10.1. The summed E-state index contributed by atoms with van der Waals surface area (Å²) in [5, 5.41) is 12.0. The van der Waals surface area contributed by atoms with Crippen molar-refractivity contribution in [2.45, 2.75) is 63.7 Å². The van der Waals surface area contributed by atoms with Crippen molar-refractivity contribution in [2.75, 3.05) is 73.6 Å². The Labute approximate surface area is 335 Å². The van der Waals surface area contributed by atoms with Gasteiger partial charge in [0.25, 0.3) is 11.8 Å². The van der Waals surface area contributed by atoms with E-state index in [0.29, 0.717) is 35.8 Å². The number of carbonyl (C=O) groups excluding carboxylic acids is 4. The molecule has 1 spiro atoms. The zero-order valence-electron chi connectivity index (χ0n) is 31.8. The predicted octanol–water partition coefficient (Wildman–Crippen LogP) is 3.43. The normalized spacial score (nSPS) is 24.2. The number of halogens is 2. The Morgan fingerprint density at radius 1 is 0.947 bits per heavy atom. The van der Waals surface area contributed by atoms with Crippen molar-refractivity contribution in [3.8, 4) is 6.07 Å². The molecule has 1 unspecified atom stereocenters. The molecule has 3 aromatic rings. The van der Waals surface area contributed by atoms with Gasteiger partial charge in [-0.05, 0) is 68.4 Å². The van der Waals surface area contributed by atoms with Crippen molar-refractivity contribution >= 4 is 52.6 Å². The van der Waals surface area contributed by atoms with Crippen LogP contribution in [0.3, 0.4) is 0 Å². The minimum absolute atomic E-state index is 0.0230. The molecular formula is C41H44ClFN10O4. The summed E-state index contributed by atoms with van der Waals surface area (Å²) < 4.78 is 15.4. The molecule has 0 bridgehead atoms. The number of amides is 4. The Morgan fingerprint density at radius 2 is 1.65 bits per heavy atom. The number of rotatable bonds is 7. The van der Waals surface area contributed by atoms with Gasteiger partial charge in [-0.3, -0.25) is 39.2 Å². The van der Waals surface area contributed by atoms with Gasteiger partial charge in [-0.15, -0.1) is 0 Å². The van der Waals surface area contributed by atoms with Crippen molar-refractivity contribution in [1.82, 2.24) is 30.0 Å². The van der Waals surface area contributed by atoms with E-state index in [9.17, 15) is 24.4 Å². The molecule has 4 amide bonds. The maximum absolute atomic E-state index is 15.4. The molecule has 5 fully saturated rings. The van der Waals surface area contributed by atoms with E-state index in [0.717, 1.165) is 99.8 Å². The lowest BCUT2D eigenvalue weighted by Crippen LogP contribution is -2.62. The zero-order chi connectivity index (χ0) is 39.6. The Hall–Kier alpha value is -5.17. The van der Waals surface area contributed by atoms with Crippen LogP contribution in [0.2, 0.25) is 5.02 Å². The number of carbonyl (C=O) groups is 4. The first kappa shape index (κ1) is 37.4. The Morgan fingerprint density at radius 3 is 2.32 bits per heavy atom. The maximum Gasteiger partial charge on any atom is 0.262 e. The number of anilines is 3. The number of fused-ring (bicyclic) bond motifs is 1. The molecule has 7 heterocycles. The second kappa shape index (κ2) is 14.6. The molecule has 296 valence electrons. The lowest BCUT2D eigenvalue weighted by atomic mass is 9.77. The van der Waals surface area contributed by atoms with Crippen LogP contribution in [0.15, 0.2) is 42.7 Å². The molecule has 2 atom stereocenters. The highest BCUT2D eigenvalue weighted by atomic mass is 35.5. The number of hydrogen-bond acceptors (Lipinski definition) is 12. The molecule has 1 N–H and O–H groups in total. The molecule has 0 aliphatic carbocycles. The highest BCUT2D eigenvalue weighted by Gasteiger charge is 2.46. The Kier molecular flexibility index (Phi) is 9.61. The van der Waals surface area contributed by atoms with Gasteiger partial charge in [0.2, 0.25) is 17.8 Å². The molecule has 5 saturated heterocycles. The number of piperazine rings is 1. The molecule has 6 aliphatic heterocycles. The number of nitrogens with zero attached hydrogens (tertiary/aromatic N) is 9. The van der Waals surface area contributed by atoms with Crippen LogP contribution in [-0.2, 0) is 16.1 Å². The summed E-state index contributed by atoms with van der Waals surface area (Å²) in [6.45, 7) is 10.3. The molecule has 0 radical (unpaired) electrons. The first-order valence-electron chi connectivity index (χ1n) is 19.8. The fourth-order valence-electron chi connectivity index (χ4n) is 9.78. The Bertz CT molecular complexity index is 2180. The number of nitriles is 1. The van der Waals surface area contributed by atoms with E-state index in [1.54, 1.807) is 0 Å². The van der Waals surface area contributed by atoms with Gasteiger partial charge in [0.15, 0.2) is 0 Å². The summed E-state index contributed by atoms with van der Waals surface area (Å²) in [5.74, 6) is -2.30. The average Bonchev–Trinajstić information content (AvgIpc) is 3.63. The lowest BCUT2D eigenvalue weighted by Gasteiger charge is -2.48. The van der Waals surface area contributed by atoms with E-state index in [2.05, 4.69) is 37.9 Å². The van der Waals surface area contributed by atoms with Gasteiger partial charge < -0.3 is 14.7 Å². The molecule has 16 heteroatoms. The average molecular weight is 795 g/mol. The number of piperidine rings is 2. The standard InChI is InChI=1S/C41H44ClFN10O4/c1-25-17-41(24-52(25)28-3-2-27(18-44)32(42)14-28)6-8-51(9-7-41)40-45-19-26(20-46-40)21-48-22-29(23-48)49-10-12-50(13-11-49)35-16-31-30(15-33(35)43)38(56)53(39(31)57)34-4-5-36(54)47-37(34)55/h2-3,14-16,19-20,25,29,34H,4-13,17,21-24H2,1H3,(H,47,54,55)/t25-,34?/m0/s1. The first-order chi connectivity index (χ1) is 27.5. The number of likely N-dealkylation sites (tertiary alicyclic amines) is 1. The fourth-order valence-corrected chi connectivity index (χ4v) is 10.0. The lowest BCUT2D eigenvalue weighted by molar-refractivity contribution is -0.136. The van der Waals surface area contributed by atoms with Crippen LogP contribution in [0.1, 0.15) is 70.9 Å². The van der Waals surface area contributed by atoms with Crippen LogP contribution in [0.4, 0.5) is 21.7 Å². The summed E-state index contributed by atoms with van der Waals surface area (Å²) >= 11 is 6.36. The summed E-state index contributed by atoms with van der Waals surface area (Å²) in [4.78, 5) is 72.3.